The van der Waals surface area contributed by atoms with E-state index in [1.54, 1.807) is 6.07 Å². The summed E-state index contributed by atoms with van der Waals surface area (Å²) in [6.45, 7) is 6.07. The van der Waals surface area contributed by atoms with E-state index in [0.29, 0.717) is 43.8 Å². The van der Waals surface area contributed by atoms with Crippen LogP contribution in [0, 0.1) is 0 Å². The molecule has 1 aliphatic rings. The SMILES string of the molecule is CCCC(=O)NC1=NN(c2cccc(C(F)(F)F)c2)CC1.CCCC(=O)OC(=O)CCC. The van der Waals surface area contributed by atoms with Crippen LogP contribution in [0.2, 0.25) is 0 Å². The van der Waals surface area contributed by atoms with E-state index in [2.05, 4.69) is 15.2 Å². The Balaban J connectivity index is 0.000000396. The molecule has 2 rings (SSSR count). The molecule has 32 heavy (non-hydrogen) atoms. The molecule has 0 saturated heterocycles. The maximum atomic E-state index is 12.7. The van der Waals surface area contributed by atoms with Gasteiger partial charge in [-0.15, -0.1) is 0 Å². The minimum Gasteiger partial charge on any atom is -0.393 e. The first-order valence-electron chi connectivity index (χ1n) is 10.7. The Morgan fingerprint density at radius 3 is 2.16 bits per heavy atom. The summed E-state index contributed by atoms with van der Waals surface area (Å²) >= 11 is 0. The number of amidine groups is 1. The van der Waals surface area contributed by atoms with Gasteiger partial charge in [-0.3, -0.25) is 19.4 Å². The molecule has 0 bridgehead atoms. The summed E-state index contributed by atoms with van der Waals surface area (Å²) in [5.41, 5.74) is -0.344. The quantitative estimate of drug-likeness (QED) is 0.469. The van der Waals surface area contributed by atoms with Gasteiger partial charge in [-0.1, -0.05) is 26.8 Å². The van der Waals surface area contributed by atoms with Crippen LogP contribution in [0.4, 0.5) is 18.9 Å². The number of carbonyl (C=O) groups excluding carboxylic acids is 3. The lowest BCUT2D eigenvalue weighted by molar-refractivity contribution is -0.159. The molecule has 0 saturated carbocycles. The number of alkyl halides is 3. The number of halogens is 3. The smallest absolute Gasteiger partial charge is 0.393 e. The van der Waals surface area contributed by atoms with Gasteiger partial charge in [0.1, 0.15) is 5.84 Å². The highest BCUT2D eigenvalue weighted by Gasteiger charge is 2.31. The fourth-order valence-electron chi connectivity index (χ4n) is 2.66. The number of carbonyl (C=O) groups is 3. The van der Waals surface area contributed by atoms with Crippen molar-refractivity contribution in [2.75, 3.05) is 11.6 Å². The fraction of sp³-hybridized carbons (Fsp3) is 0.545. The standard InChI is InChI=1S/C14H16F3N3O.C8H14O3/c1-2-4-13(21)18-12-7-8-20(19-12)11-6-3-5-10(9-11)14(15,16)17;1-3-5-7(9)11-8(10)6-4-2/h3,5-6,9H,2,4,7-8H2,1H3,(H,18,19,21);3-6H2,1-2H3. The number of benzene rings is 1. The molecule has 1 N–H and O–H groups in total. The average Bonchev–Trinajstić information content (AvgIpc) is 3.17. The van der Waals surface area contributed by atoms with Gasteiger partial charge in [0.05, 0.1) is 11.3 Å². The Morgan fingerprint density at radius 1 is 1.03 bits per heavy atom. The lowest BCUT2D eigenvalue weighted by Gasteiger charge is -2.15. The normalized spacial score (nSPS) is 13.1. The van der Waals surface area contributed by atoms with Crippen LogP contribution in [0.5, 0.6) is 0 Å². The third-order valence-electron chi connectivity index (χ3n) is 4.17. The first-order valence-corrected chi connectivity index (χ1v) is 10.7. The van der Waals surface area contributed by atoms with Crippen LogP contribution in [0.25, 0.3) is 0 Å². The highest BCUT2D eigenvalue weighted by molar-refractivity contribution is 5.99. The zero-order chi connectivity index (χ0) is 24.1. The van der Waals surface area contributed by atoms with Crippen LogP contribution in [0.15, 0.2) is 29.4 Å². The highest BCUT2D eigenvalue weighted by atomic mass is 19.4. The van der Waals surface area contributed by atoms with E-state index in [1.165, 1.54) is 11.1 Å². The van der Waals surface area contributed by atoms with Crippen LogP contribution in [0.1, 0.15) is 71.3 Å². The molecule has 0 fully saturated rings. The number of anilines is 1. The molecule has 0 atom stereocenters. The van der Waals surface area contributed by atoms with Crippen LogP contribution in [-0.2, 0) is 25.3 Å². The van der Waals surface area contributed by atoms with Gasteiger partial charge in [-0.25, -0.2) is 0 Å². The maximum absolute atomic E-state index is 12.7. The summed E-state index contributed by atoms with van der Waals surface area (Å²) in [5.74, 6) is -0.454. The number of hydrogen-bond acceptors (Lipinski definition) is 6. The number of rotatable bonds is 7. The van der Waals surface area contributed by atoms with Crippen molar-refractivity contribution >= 4 is 29.4 Å². The summed E-state index contributed by atoms with van der Waals surface area (Å²) in [4.78, 5) is 32.8. The second-order valence-corrected chi connectivity index (χ2v) is 7.11. The largest absolute Gasteiger partial charge is 0.416 e. The molecule has 0 spiro atoms. The number of ether oxygens (including phenoxy) is 1. The molecule has 1 aromatic carbocycles. The molecule has 0 radical (unpaired) electrons. The van der Waals surface area contributed by atoms with Gasteiger partial charge in [-0.2, -0.15) is 18.3 Å². The zero-order valence-electron chi connectivity index (χ0n) is 18.6. The number of nitrogens with zero attached hydrogens (tertiary/aromatic N) is 2. The van der Waals surface area contributed by atoms with Crippen molar-refractivity contribution in [2.24, 2.45) is 5.10 Å². The molecule has 0 aliphatic carbocycles. The van der Waals surface area contributed by atoms with Crippen molar-refractivity contribution in [3.8, 4) is 0 Å². The lowest BCUT2D eigenvalue weighted by atomic mass is 10.2. The van der Waals surface area contributed by atoms with Crippen molar-refractivity contribution in [3.63, 3.8) is 0 Å². The lowest BCUT2D eigenvalue weighted by Crippen LogP contribution is -2.28. The molecule has 1 amide bonds. The summed E-state index contributed by atoms with van der Waals surface area (Å²) in [6, 6.07) is 4.99. The Bertz CT molecular complexity index is 794. The van der Waals surface area contributed by atoms with E-state index in [4.69, 9.17) is 0 Å². The maximum Gasteiger partial charge on any atom is 0.416 e. The van der Waals surface area contributed by atoms with Crippen LogP contribution in [0.3, 0.4) is 0 Å². The summed E-state index contributed by atoms with van der Waals surface area (Å²) in [5, 5.41) is 8.29. The molecule has 1 aliphatic heterocycles. The van der Waals surface area contributed by atoms with Crippen LogP contribution < -0.4 is 10.3 Å². The summed E-state index contributed by atoms with van der Waals surface area (Å²) in [6.07, 6.45) is -0.635. The van der Waals surface area contributed by atoms with Crippen molar-refractivity contribution in [1.29, 1.82) is 0 Å². The predicted molar refractivity (Wildman–Crippen MR) is 115 cm³/mol. The molecule has 178 valence electrons. The van der Waals surface area contributed by atoms with E-state index >= 15 is 0 Å². The molecule has 1 aromatic rings. The van der Waals surface area contributed by atoms with E-state index in [0.717, 1.165) is 31.4 Å². The van der Waals surface area contributed by atoms with Gasteiger partial charge >= 0.3 is 18.1 Å². The second-order valence-electron chi connectivity index (χ2n) is 7.11. The zero-order valence-corrected chi connectivity index (χ0v) is 18.6. The Hall–Kier alpha value is -2.91. The van der Waals surface area contributed by atoms with Gasteiger partial charge in [0.15, 0.2) is 0 Å². The van der Waals surface area contributed by atoms with Crippen LogP contribution >= 0.6 is 0 Å². The van der Waals surface area contributed by atoms with E-state index in [9.17, 15) is 27.6 Å². The number of hydrogen-bond donors (Lipinski definition) is 1. The third kappa shape index (κ3) is 9.93. The fourth-order valence-corrected chi connectivity index (χ4v) is 2.66. The first kappa shape index (κ1) is 27.1. The van der Waals surface area contributed by atoms with Crippen molar-refractivity contribution in [3.05, 3.63) is 29.8 Å². The van der Waals surface area contributed by atoms with Gasteiger partial charge in [0.25, 0.3) is 0 Å². The minimum atomic E-state index is -4.38. The van der Waals surface area contributed by atoms with Crippen molar-refractivity contribution < 1.29 is 32.3 Å². The summed E-state index contributed by atoms with van der Waals surface area (Å²) < 4.78 is 42.5. The van der Waals surface area contributed by atoms with E-state index in [1.807, 2.05) is 20.8 Å². The highest BCUT2D eigenvalue weighted by Crippen LogP contribution is 2.32. The monoisotopic (exact) mass is 457 g/mol. The second kappa shape index (κ2) is 13.5. The molecule has 0 aromatic heterocycles. The molecule has 7 nitrogen and oxygen atoms in total. The average molecular weight is 457 g/mol. The van der Waals surface area contributed by atoms with E-state index in [-0.39, 0.29) is 5.91 Å². The number of esters is 2. The molecular weight excluding hydrogens is 427 g/mol. The van der Waals surface area contributed by atoms with Gasteiger partial charge < -0.3 is 10.1 Å². The molecular formula is C22H30F3N3O4. The Labute approximate surface area is 186 Å². The predicted octanol–water partition coefficient (Wildman–Crippen LogP) is 4.80. The Morgan fingerprint density at radius 2 is 1.62 bits per heavy atom. The van der Waals surface area contributed by atoms with Gasteiger partial charge in [0, 0.05) is 32.2 Å². The van der Waals surface area contributed by atoms with Gasteiger partial charge in [-0.05, 0) is 37.5 Å². The number of nitrogens with one attached hydrogen (secondary N) is 1. The number of amides is 1. The number of hydrazone groups is 1. The first-order chi connectivity index (χ1) is 15.1. The van der Waals surface area contributed by atoms with Crippen molar-refractivity contribution in [2.45, 2.75) is 71.9 Å². The van der Waals surface area contributed by atoms with Crippen molar-refractivity contribution in [1.82, 2.24) is 5.32 Å². The molecule has 0 unspecified atom stereocenters. The molecule has 1 heterocycles. The topological polar surface area (TPSA) is 88.1 Å². The van der Waals surface area contributed by atoms with Crippen LogP contribution in [-0.4, -0.2) is 30.2 Å². The minimum absolute atomic E-state index is 0.123. The Kier molecular flexibility index (Phi) is 11.4. The molecule has 10 heteroatoms. The van der Waals surface area contributed by atoms with Gasteiger partial charge in [0.2, 0.25) is 5.91 Å². The summed E-state index contributed by atoms with van der Waals surface area (Å²) in [7, 11) is 0. The third-order valence-corrected chi connectivity index (χ3v) is 4.17. The van der Waals surface area contributed by atoms with E-state index < -0.39 is 23.7 Å².